The van der Waals surface area contributed by atoms with E-state index in [9.17, 15) is 9.18 Å². The van der Waals surface area contributed by atoms with E-state index in [4.69, 9.17) is 0 Å². The van der Waals surface area contributed by atoms with E-state index in [-0.39, 0.29) is 11.7 Å². The lowest BCUT2D eigenvalue weighted by atomic mass is 10.1. The minimum Gasteiger partial charge on any atom is -0.355 e. The van der Waals surface area contributed by atoms with E-state index in [0.29, 0.717) is 19.4 Å². The molecule has 2 nitrogen and oxygen atoms in total. The second-order valence-corrected chi connectivity index (χ2v) is 4.89. The molecule has 2 aromatic rings. The molecular weight excluding hydrogens is 253 g/mol. The zero-order valence-corrected chi connectivity index (χ0v) is 11.5. The van der Waals surface area contributed by atoms with Crippen molar-refractivity contribution < 1.29 is 9.18 Å². The van der Waals surface area contributed by atoms with Crippen molar-refractivity contribution in [3.63, 3.8) is 0 Å². The van der Waals surface area contributed by atoms with Gasteiger partial charge in [-0.2, -0.15) is 0 Å². The molecule has 0 aliphatic heterocycles. The molecule has 0 aliphatic carbocycles. The van der Waals surface area contributed by atoms with E-state index >= 15 is 0 Å². The van der Waals surface area contributed by atoms with E-state index < -0.39 is 0 Å². The topological polar surface area (TPSA) is 29.1 Å². The molecule has 104 valence electrons. The molecule has 0 spiro atoms. The first-order valence-electron chi connectivity index (χ1n) is 6.70. The first kappa shape index (κ1) is 14.3. The lowest BCUT2D eigenvalue weighted by Crippen LogP contribution is -2.27. The van der Waals surface area contributed by atoms with Crippen LogP contribution in [-0.4, -0.2) is 12.5 Å². The third-order valence-corrected chi connectivity index (χ3v) is 3.13. The summed E-state index contributed by atoms with van der Waals surface area (Å²) in [5.41, 5.74) is 3.21. The van der Waals surface area contributed by atoms with Crippen molar-refractivity contribution in [3.8, 4) is 0 Å². The molecule has 0 fully saturated rings. The Morgan fingerprint density at radius 3 is 2.25 bits per heavy atom. The molecule has 0 saturated carbocycles. The summed E-state index contributed by atoms with van der Waals surface area (Å²) in [6.07, 6.45) is 1.10. The quantitative estimate of drug-likeness (QED) is 0.889. The first-order valence-corrected chi connectivity index (χ1v) is 6.70. The van der Waals surface area contributed by atoms with Crippen molar-refractivity contribution in [2.75, 3.05) is 6.54 Å². The highest BCUT2D eigenvalue weighted by Crippen LogP contribution is 2.04. The van der Waals surface area contributed by atoms with Crippen molar-refractivity contribution >= 4 is 5.91 Å². The number of nitrogens with one attached hydrogen (secondary N) is 1. The van der Waals surface area contributed by atoms with Gasteiger partial charge < -0.3 is 5.32 Å². The average Bonchev–Trinajstić information content (AvgIpc) is 2.44. The Balaban J connectivity index is 1.75. The zero-order valence-electron chi connectivity index (χ0n) is 11.5. The molecule has 0 aromatic heterocycles. The van der Waals surface area contributed by atoms with Gasteiger partial charge in [0.15, 0.2) is 0 Å². The number of halogens is 1. The van der Waals surface area contributed by atoms with Gasteiger partial charge in [0.05, 0.1) is 6.42 Å². The molecule has 0 bridgehead atoms. The average molecular weight is 271 g/mol. The van der Waals surface area contributed by atoms with Gasteiger partial charge in [0.2, 0.25) is 5.91 Å². The summed E-state index contributed by atoms with van der Waals surface area (Å²) in [6.45, 7) is 2.59. The number of carbonyl (C=O) groups excluding carboxylic acids is 1. The highest BCUT2D eigenvalue weighted by Gasteiger charge is 2.03. The Hall–Kier alpha value is -2.16. The number of carbonyl (C=O) groups is 1. The van der Waals surface area contributed by atoms with Crippen molar-refractivity contribution in [3.05, 3.63) is 71.0 Å². The maximum atomic E-state index is 12.7. The van der Waals surface area contributed by atoms with E-state index in [2.05, 4.69) is 5.32 Å². The maximum absolute atomic E-state index is 12.7. The third kappa shape index (κ3) is 4.50. The highest BCUT2D eigenvalue weighted by molar-refractivity contribution is 5.78. The van der Waals surface area contributed by atoms with Crippen molar-refractivity contribution in [1.82, 2.24) is 5.32 Å². The van der Waals surface area contributed by atoms with Gasteiger partial charge in [-0.1, -0.05) is 42.0 Å². The normalized spacial score (nSPS) is 10.3. The monoisotopic (exact) mass is 271 g/mol. The number of amides is 1. The number of hydrogen-bond acceptors (Lipinski definition) is 1. The number of rotatable bonds is 5. The molecular formula is C17H18FNO. The Kier molecular flexibility index (Phi) is 4.88. The Bertz CT molecular complexity index is 561. The summed E-state index contributed by atoms with van der Waals surface area (Å²) in [7, 11) is 0. The van der Waals surface area contributed by atoms with Gasteiger partial charge in [-0.05, 0) is 36.6 Å². The third-order valence-electron chi connectivity index (χ3n) is 3.13. The summed E-state index contributed by atoms with van der Waals surface area (Å²) in [6, 6.07) is 14.3. The second kappa shape index (κ2) is 6.85. The van der Waals surface area contributed by atoms with Gasteiger partial charge in [-0.15, -0.1) is 0 Å². The van der Waals surface area contributed by atoms with Crippen molar-refractivity contribution in [1.29, 1.82) is 0 Å². The minimum absolute atomic E-state index is 0.0102. The van der Waals surface area contributed by atoms with Crippen molar-refractivity contribution in [2.45, 2.75) is 19.8 Å². The smallest absolute Gasteiger partial charge is 0.224 e. The molecule has 20 heavy (non-hydrogen) atoms. The minimum atomic E-state index is -0.239. The van der Waals surface area contributed by atoms with Gasteiger partial charge in [0.25, 0.3) is 0 Å². The second-order valence-electron chi connectivity index (χ2n) is 4.89. The molecule has 3 heteroatoms. The van der Waals surface area contributed by atoms with Crippen LogP contribution in [0.5, 0.6) is 0 Å². The highest BCUT2D eigenvalue weighted by atomic mass is 19.1. The van der Waals surface area contributed by atoms with Crippen LogP contribution in [0.15, 0.2) is 48.5 Å². The Morgan fingerprint density at radius 2 is 1.60 bits per heavy atom. The molecule has 1 N–H and O–H groups in total. The molecule has 0 aliphatic rings. The molecule has 1 amide bonds. The van der Waals surface area contributed by atoms with Gasteiger partial charge in [0, 0.05) is 6.54 Å². The number of hydrogen-bond donors (Lipinski definition) is 1. The van der Waals surface area contributed by atoms with Crippen LogP contribution in [-0.2, 0) is 17.6 Å². The van der Waals surface area contributed by atoms with Gasteiger partial charge in [0.1, 0.15) is 5.82 Å². The summed E-state index contributed by atoms with van der Waals surface area (Å²) in [4.78, 5) is 11.8. The molecule has 0 heterocycles. The standard InChI is InChI=1S/C17H18FNO/c1-13-2-4-15(5-3-13)12-17(20)19-11-10-14-6-8-16(18)9-7-14/h2-9H,10-12H2,1H3,(H,19,20). The van der Waals surface area contributed by atoms with E-state index in [1.54, 1.807) is 12.1 Å². The maximum Gasteiger partial charge on any atom is 0.224 e. The predicted octanol–water partition coefficient (Wildman–Crippen LogP) is 3.04. The summed E-state index contributed by atoms with van der Waals surface area (Å²) in [5.74, 6) is -0.229. The van der Waals surface area contributed by atoms with Gasteiger partial charge in [-0.3, -0.25) is 4.79 Å². The van der Waals surface area contributed by atoms with Gasteiger partial charge in [-0.25, -0.2) is 4.39 Å². The van der Waals surface area contributed by atoms with E-state index in [1.807, 2.05) is 31.2 Å². The molecule has 0 saturated heterocycles. The lowest BCUT2D eigenvalue weighted by molar-refractivity contribution is -0.120. The van der Waals surface area contributed by atoms with Gasteiger partial charge >= 0.3 is 0 Å². The fourth-order valence-corrected chi connectivity index (χ4v) is 1.95. The fourth-order valence-electron chi connectivity index (χ4n) is 1.95. The fraction of sp³-hybridized carbons (Fsp3) is 0.235. The summed E-state index contributed by atoms with van der Waals surface area (Å²) < 4.78 is 12.7. The number of benzene rings is 2. The van der Waals surface area contributed by atoms with E-state index in [0.717, 1.165) is 11.1 Å². The van der Waals surface area contributed by atoms with Crippen LogP contribution < -0.4 is 5.32 Å². The zero-order chi connectivity index (χ0) is 14.4. The van der Waals surface area contributed by atoms with Crippen LogP contribution in [0.25, 0.3) is 0 Å². The predicted molar refractivity (Wildman–Crippen MR) is 78.0 cm³/mol. The lowest BCUT2D eigenvalue weighted by Gasteiger charge is -2.06. The Morgan fingerprint density at radius 1 is 1.00 bits per heavy atom. The number of aryl methyl sites for hydroxylation is 1. The first-order chi connectivity index (χ1) is 9.63. The Labute approximate surface area is 118 Å². The largest absolute Gasteiger partial charge is 0.355 e. The summed E-state index contributed by atoms with van der Waals surface area (Å²) in [5, 5.41) is 2.88. The van der Waals surface area contributed by atoms with Crippen LogP contribution in [0.2, 0.25) is 0 Å². The molecule has 0 unspecified atom stereocenters. The molecule has 2 rings (SSSR count). The summed E-state index contributed by atoms with van der Waals surface area (Å²) >= 11 is 0. The van der Waals surface area contributed by atoms with Crippen LogP contribution in [0, 0.1) is 12.7 Å². The molecule has 0 atom stereocenters. The van der Waals surface area contributed by atoms with Crippen LogP contribution in [0.1, 0.15) is 16.7 Å². The molecule has 2 aromatic carbocycles. The van der Waals surface area contributed by atoms with Crippen LogP contribution >= 0.6 is 0 Å². The SMILES string of the molecule is Cc1ccc(CC(=O)NCCc2ccc(F)cc2)cc1. The van der Waals surface area contributed by atoms with Crippen molar-refractivity contribution in [2.24, 2.45) is 0 Å². The van der Waals surface area contributed by atoms with Crippen LogP contribution in [0.3, 0.4) is 0 Å². The molecule has 0 radical (unpaired) electrons. The van der Waals surface area contributed by atoms with Crippen LogP contribution in [0.4, 0.5) is 4.39 Å². The van der Waals surface area contributed by atoms with E-state index in [1.165, 1.54) is 17.7 Å².